The van der Waals surface area contributed by atoms with Crippen molar-refractivity contribution in [3.05, 3.63) is 35.9 Å². The molecule has 3 nitrogen and oxygen atoms in total. The molecule has 0 heterocycles. The Kier molecular flexibility index (Phi) is 4.02. The smallest absolute Gasteiger partial charge is 0.221 e. The van der Waals surface area contributed by atoms with E-state index in [-0.39, 0.29) is 11.4 Å². The molecule has 0 saturated heterocycles. The molecule has 1 amide bonds. The quantitative estimate of drug-likeness (QED) is 0.836. The molecule has 18 heavy (non-hydrogen) atoms. The zero-order valence-corrected chi connectivity index (χ0v) is 11.0. The lowest BCUT2D eigenvalue weighted by Gasteiger charge is -2.37. The second-order valence-corrected chi connectivity index (χ2v) is 5.51. The molecule has 1 unspecified atom stereocenters. The van der Waals surface area contributed by atoms with Crippen LogP contribution in [0.25, 0.3) is 0 Å². The van der Waals surface area contributed by atoms with E-state index in [4.69, 9.17) is 5.73 Å². The number of nitrogens with one attached hydrogen (secondary N) is 1. The van der Waals surface area contributed by atoms with Gasteiger partial charge in [0.15, 0.2) is 0 Å². The minimum absolute atomic E-state index is 0.0833. The van der Waals surface area contributed by atoms with Gasteiger partial charge in [-0.1, -0.05) is 37.3 Å². The first kappa shape index (κ1) is 13.1. The van der Waals surface area contributed by atoms with Gasteiger partial charge in [0.05, 0.1) is 0 Å². The van der Waals surface area contributed by atoms with E-state index in [1.807, 2.05) is 18.2 Å². The summed E-state index contributed by atoms with van der Waals surface area (Å²) < 4.78 is 0. The van der Waals surface area contributed by atoms with Gasteiger partial charge in [-0.25, -0.2) is 0 Å². The van der Waals surface area contributed by atoms with Crippen molar-refractivity contribution >= 4 is 5.91 Å². The molecule has 1 aliphatic carbocycles. The van der Waals surface area contributed by atoms with Gasteiger partial charge in [-0.2, -0.15) is 0 Å². The third kappa shape index (κ3) is 3.33. The van der Waals surface area contributed by atoms with Gasteiger partial charge >= 0.3 is 0 Å². The summed E-state index contributed by atoms with van der Waals surface area (Å²) in [5.41, 5.74) is 7.09. The molecular weight excluding hydrogens is 224 g/mol. The zero-order valence-electron chi connectivity index (χ0n) is 11.0. The number of carbonyl (C=O) groups excluding carboxylic acids is 1. The van der Waals surface area contributed by atoms with E-state index in [0.717, 1.165) is 19.3 Å². The second kappa shape index (κ2) is 5.53. The van der Waals surface area contributed by atoms with Crippen molar-refractivity contribution in [1.29, 1.82) is 0 Å². The van der Waals surface area contributed by atoms with Gasteiger partial charge in [-0.15, -0.1) is 0 Å². The van der Waals surface area contributed by atoms with E-state index in [9.17, 15) is 4.79 Å². The van der Waals surface area contributed by atoms with Gasteiger partial charge in [-0.05, 0) is 30.7 Å². The topological polar surface area (TPSA) is 55.1 Å². The molecule has 1 saturated carbocycles. The lowest BCUT2D eigenvalue weighted by atomic mass is 9.75. The molecule has 1 aromatic carbocycles. The van der Waals surface area contributed by atoms with Gasteiger partial charge in [-0.3, -0.25) is 4.79 Å². The van der Waals surface area contributed by atoms with Crippen LogP contribution < -0.4 is 11.1 Å². The molecule has 0 aromatic heterocycles. The lowest BCUT2D eigenvalue weighted by Crippen LogP contribution is -2.50. The average molecular weight is 246 g/mol. The third-order valence-electron chi connectivity index (χ3n) is 3.84. The molecule has 1 aromatic rings. The second-order valence-electron chi connectivity index (χ2n) is 5.51. The summed E-state index contributed by atoms with van der Waals surface area (Å²) in [5, 5.41) is 2.99. The largest absolute Gasteiger partial charge is 0.355 e. The van der Waals surface area contributed by atoms with Crippen LogP contribution in [0.15, 0.2) is 30.3 Å². The number of rotatable bonds is 5. The van der Waals surface area contributed by atoms with Crippen molar-refractivity contribution in [2.75, 3.05) is 6.54 Å². The highest BCUT2D eigenvalue weighted by atomic mass is 16.1. The van der Waals surface area contributed by atoms with Gasteiger partial charge in [0.1, 0.15) is 0 Å². The fourth-order valence-electron chi connectivity index (χ4n) is 2.36. The fourth-order valence-corrected chi connectivity index (χ4v) is 2.36. The van der Waals surface area contributed by atoms with Crippen molar-refractivity contribution in [1.82, 2.24) is 5.32 Å². The summed E-state index contributed by atoms with van der Waals surface area (Å²) in [6.45, 7) is 2.80. The number of carbonyl (C=O) groups is 1. The van der Waals surface area contributed by atoms with Crippen LogP contribution in [0, 0.1) is 0 Å². The van der Waals surface area contributed by atoms with Gasteiger partial charge in [0, 0.05) is 18.5 Å². The molecule has 2 rings (SSSR count). The first-order valence-corrected chi connectivity index (χ1v) is 6.70. The highest BCUT2D eigenvalue weighted by Gasteiger charge is 2.34. The molecule has 0 aliphatic heterocycles. The lowest BCUT2D eigenvalue weighted by molar-refractivity contribution is -0.123. The normalized spacial score (nSPS) is 18.8. The Labute approximate surface area is 109 Å². The van der Waals surface area contributed by atoms with E-state index in [0.29, 0.717) is 18.9 Å². The number of benzene rings is 1. The molecular formula is C15H22N2O. The summed E-state index contributed by atoms with van der Waals surface area (Å²) in [6.07, 6.45) is 3.59. The van der Waals surface area contributed by atoms with Crippen molar-refractivity contribution in [3.8, 4) is 0 Å². The Hall–Kier alpha value is -1.35. The predicted molar refractivity (Wildman–Crippen MR) is 73.3 cm³/mol. The maximum Gasteiger partial charge on any atom is 0.221 e. The number of amides is 1. The Bertz CT molecular complexity index is 398. The van der Waals surface area contributed by atoms with E-state index in [1.54, 1.807) is 0 Å². The summed E-state index contributed by atoms with van der Waals surface area (Å²) in [4.78, 5) is 11.8. The highest BCUT2D eigenvalue weighted by molar-refractivity contribution is 5.77. The molecule has 1 fully saturated rings. The maximum absolute atomic E-state index is 11.8. The Balaban J connectivity index is 1.76. The molecule has 3 heteroatoms. The fraction of sp³-hybridized carbons (Fsp3) is 0.533. The zero-order chi connectivity index (χ0) is 13.0. The van der Waals surface area contributed by atoms with E-state index in [2.05, 4.69) is 24.4 Å². The predicted octanol–water partition coefficient (Wildman–Crippen LogP) is 2.18. The van der Waals surface area contributed by atoms with Gasteiger partial charge in [0.25, 0.3) is 0 Å². The summed E-state index contributed by atoms with van der Waals surface area (Å²) in [6, 6.07) is 10.2. The monoisotopic (exact) mass is 246 g/mol. The Morgan fingerprint density at radius 3 is 2.61 bits per heavy atom. The van der Waals surface area contributed by atoms with Crippen LogP contribution in [0.3, 0.4) is 0 Å². The minimum Gasteiger partial charge on any atom is -0.355 e. The summed E-state index contributed by atoms with van der Waals surface area (Å²) >= 11 is 0. The third-order valence-corrected chi connectivity index (χ3v) is 3.84. The van der Waals surface area contributed by atoms with E-state index in [1.165, 1.54) is 5.56 Å². The summed E-state index contributed by atoms with van der Waals surface area (Å²) in [5.74, 6) is 0.422. The number of hydrogen-bond donors (Lipinski definition) is 2. The summed E-state index contributed by atoms with van der Waals surface area (Å²) in [7, 11) is 0. The van der Waals surface area contributed by atoms with Crippen LogP contribution in [0.2, 0.25) is 0 Å². The van der Waals surface area contributed by atoms with Gasteiger partial charge < -0.3 is 11.1 Å². The van der Waals surface area contributed by atoms with Gasteiger partial charge in [0.2, 0.25) is 5.91 Å². The van der Waals surface area contributed by atoms with Crippen LogP contribution in [-0.4, -0.2) is 18.0 Å². The maximum atomic E-state index is 11.8. The van der Waals surface area contributed by atoms with Crippen molar-refractivity contribution in [2.24, 2.45) is 5.73 Å². The number of nitrogens with two attached hydrogens (primary N) is 1. The number of hydrogen-bond acceptors (Lipinski definition) is 2. The van der Waals surface area contributed by atoms with Crippen molar-refractivity contribution < 1.29 is 4.79 Å². The Morgan fingerprint density at radius 2 is 2.06 bits per heavy atom. The Morgan fingerprint density at radius 1 is 1.39 bits per heavy atom. The minimum atomic E-state index is -0.222. The molecule has 1 atom stereocenters. The molecule has 0 radical (unpaired) electrons. The van der Waals surface area contributed by atoms with E-state index >= 15 is 0 Å². The molecule has 3 N–H and O–H groups in total. The van der Waals surface area contributed by atoms with Crippen LogP contribution in [0.1, 0.15) is 44.1 Å². The first-order valence-electron chi connectivity index (χ1n) is 6.70. The van der Waals surface area contributed by atoms with Crippen LogP contribution in [0.4, 0.5) is 0 Å². The van der Waals surface area contributed by atoms with E-state index < -0.39 is 0 Å². The van der Waals surface area contributed by atoms with Crippen LogP contribution in [0.5, 0.6) is 0 Å². The molecule has 0 spiro atoms. The highest BCUT2D eigenvalue weighted by Crippen LogP contribution is 2.31. The molecule has 98 valence electrons. The first-order chi connectivity index (χ1) is 8.59. The van der Waals surface area contributed by atoms with Crippen LogP contribution in [-0.2, 0) is 4.79 Å². The SMILES string of the molecule is CC(CNC(=O)CC1(N)CCC1)c1ccccc1. The van der Waals surface area contributed by atoms with Crippen molar-refractivity contribution in [3.63, 3.8) is 0 Å². The standard InChI is InChI=1S/C15H22N2O/c1-12(13-6-3-2-4-7-13)11-17-14(18)10-15(16)8-5-9-15/h2-4,6-7,12H,5,8-11,16H2,1H3,(H,17,18). The molecule has 1 aliphatic rings. The van der Waals surface area contributed by atoms with Crippen LogP contribution >= 0.6 is 0 Å². The average Bonchev–Trinajstić information content (AvgIpc) is 2.35. The van der Waals surface area contributed by atoms with Crippen molar-refractivity contribution in [2.45, 2.75) is 44.1 Å². The molecule has 0 bridgehead atoms.